The lowest BCUT2D eigenvalue weighted by molar-refractivity contribution is -0.145. The molecule has 30 heavy (non-hydrogen) atoms. The first kappa shape index (κ1) is 22.4. The molecule has 9 nitrogen and oxygen atoms in total. The molecule has 0 spiro atoms. The summed E-state index contributed by atoms with van der Waals surface area (Å²) in [6, 6.07) is 3.81. The number of hydrogen-bond acceptors (Lipinski definition) is 6. The number of carbonyl (C=O) groups is 2. The minimum Gasteiger partial charge on any atom is -0.506 e. The van der Waals surface area contributed by atoms with Crippen LogP contribution in [0.25, 0.3) is 0 Å². The lowest BCUT2D eigenvalue weighted by Crippen LogP contribution is -2.51. The second-order valence-electron chi connectivity index (χ2n) is 7.15. The van der Waals surface area contributed by atoms with Gasteiger partial charge in [-0.2, -0.15) is 0 Å². The van der Waals surface area contributed by atoms with Crippen LogP contribution in [0.3, 0.4) is 0 Å². The van der Waals surface area contributed by atoms with E-state index in [-0.39, 0.29) is 41.1 Å². The maximum Gasteiger partial charge on any atom is 0.271 e. The third-order valence-corrected chi connectivity index (χ3v) is 6.66. The summed E-state index contributed by atoms with van der Waals surface area (Å²) in [4.78, 5) is 28.3. The molecule has 0 radical (unpaired) electrons. The Hall–Kier alpha value is -2.30. The lowest BCUT2D eigenvalue weighted by Gasteiger charge is -2.32. The predicted octanol–water partition coefficient (Wildman–Crippen LogP) is 0.481. The largest absolute Gasteiger partial charge is 0.506 e. The van der Waals surface area contributed by atoms with Crippen LogP contribution in [0.1, 0.15) is 12.5 Å². The molecule has 0 saturated carbocycles. The number of rotatable bonds is 7. The molecule has 2 aliphatic rings. The van der Waals surface area contributed by atoms with E-state index >= 15 is 0 Å². The quantitative estimate of drug-likeness (QED) is 0.615. The van der Waals surface area contributed by atoms with Crippen molar-refractivity contribution in [3.63, 3.8) is 0 Å². The number of halogens is 1. The number of nitrogens with one attached hydrogen (secondary N) is 1. The number of phenols is 1. The normalized spacial score (nSPS) is 18.3. The molecule has 1 aromatic carbocycles. The highest BCUT2D eigenvalue weighted by atomic mass is 35.5. The number of benzene rings is 1. The first-order valence-electron chi connectivity index (χ1n) is 9.53. The van der Waals surface area contributed by atoms with E-state index < -0.39 is 22.0 Å². The van der Waals surface area contributed by atoms with Gasteiger partial charge in [0.25, 0.3) is 5.91 Å². The Morgan fingerprint density at radius 3 is 2.70 bits per heavy atom. The van der Waals surface area contributed by atoms with Crippen molar-refractivity contribution in [3.05, 3.63) is 40.6 Å². The number of sulfonamides is 1. The van der Waals surface area contributed by atoms with Gasteiger partial charge in [0, 0.05) is 19.6 Å². The molecule has 2 N–H and O–H groups in total. The second-order valence-corrected chi connectivity index (χ2v) is 9.39. The van der Waals surface area contributed by atoms with Crippen LogP contribution in [0.5, 0.6) is 5.75 Å². The molecule has 1 saturated heterocycles. The molecule has 0 unspecified atom stereocenters. The average Bonchev–Trinajstić information content (AvgIpc) is 3.08. The molecule has 0 aliphatic carbocycles. The zero-order valence-corrected chi connectivity index (χ0v) is 18.1. The van der Waals surface area contributed by atoms with Crippen LogP contribution in [0.15, 0.2) is 30.0 Å². The van der Waals surface area contributed by atoms with Gasteiger partial charge in [-0.25, -0.2) is 8.42 Å². The number of nitrogens with zero attached hydrogens (tertiary/aromatic N) is 2. The number of phenolic OH excluding ortho intramolecular Hbond substituents is 1. The Labute approximate surface area is 180 Å². The van der Waals surface area contributed by atoms with Crippen LogP contribution in [-0.4, -0.2) is 79.8 Å². The molecule has 2 aliphatic heterocycles. The Kier molecular flexibility index (Phi) is 6.89. The van der Waals surface area contributed by atoms with Crippen LogP contribution in [0.4, 0.5) is 0 Å². The first-order chi connectivity index (χ1) is 14.2. The van der Waals surface area contributed by atoms with Gasteiger partial charge in [-0.15, -0.1) is 0 Å². The molecule has 164 valence electrons. The van der Waals surface area contributed by atoms with Crippen molar-refractivity contribution in [2.45, 2.75) is 19.4 Å². The highest BCUT2D eigenvalue weighted by Crippen LogP contribution is 2.24. The SMILES string of the molecule is C[C@@H](C(=O)N1CCOCC1)N1CC=C(NS(=O)(=O)CCc2ccc(Cl)c(O)c2)C1=O. The maximum absolute atomic E-state index is 12.7. The number of hydrogen-bond donors (Lipinski definition) is 2. The number of ether oxygens (including phenoxy) is 1. The molecule has 0 aromatic heterocycles. The number of carbonyl (C=O) groups excluding carboxylic acids is 2. The van der Waals surface area contributed by atoms with Crippen LogP contribution in [0.2, 0.25) is 5.02 Å². The molecular formula is C19H24ClN3O6S. The van der Waals surface area contributed by atoms with E-state index in [2.05, 4.69) is 4.72 Å². The summed E-state index contributed by atoms with van der Waals surface area (Å²) in [7, 11) is -3.80. The standard InChI is InChI=1S/C19H24ClN3O6S/c1-13(18(25)22-7-9-29-10-8-22)23-6-4-16(19(23)26)21-30(27,28)11-5-14-2-3-15(20)17(24)12-14/h2-4,12-13,21,24H,5-11H2,1H3/t13-/m0/s1. The van der Waals surface area contributed by atoms with Crippen molar-refractivity contribution < 1.29 is 27.9 Å². The highest BCUT2D eigenvalue weighted by molar-refractivity contribution is 7.89. The molecule has 1 fully saturated rings. The summed E-state index contributed by atoms with van der Waals surface area (Å²) < 4.78 is 32.4. The summed E-state index contributed by atoms with van der Waals surface area (Å²) >= 11 is 5.75. The average molecular weight is 458 g/mol. The van der Waals surface area contributed by atoms with E-state index in [1.807, 2.05) is 0 Å². The zero-order valence-electron chi connectivity index (χ0n) is 16.5. The Bertz CT molecular complexity index is 959. The number of aromatic hydroxyl groups is 1. The van der Waals surface area contributed by atoms with Crippen molar-refractivity contribution in [3.8, 4) is 5.75 Å². The Morgan fingerprint density at radius 2 is 2.03 bits per heavy atom. The summed E-state index contributed by atoms with van der Waals surface area (Å²) in [5.41, 5.74) is 0.538. The van der Waals surface area contributed by atoms with Crippen molar-refractivity contribution in [2.24, 2.45) is 0 Å². The lowest BCUT2D eigenvalue weighted by atomic mass is 10.2. The van der Waals surface area contributed by atoms with E-state index in [4.69, 9.17) is 16.3 Å². The minimum atomic E-state index is -3.80. The fourth-order valence-corrected chi connectivity index (χ4v) is 4.53. The van der Waals surface area contributed by atoms with Gasteiger partial charge in [0.15, 0.2) is 0 Å². The van der Waals surface area contributed by atoms with E-state index in [1.54, 1.807) is 17.9 Å². The third kappa shape index (κ3) is 5.24. The molecule has 1 aromatic rings. The van der Waals surface area contributed by atoms with E-state index in [0.717, 1.165) is 0 Å². The zero-order chi connectivity index (χ0) is 21.9. The van der Waals surface area contributed by atoms with Crippen molar-refractivity contribution in [2.75, 3.05) is 38.6 Å². The number of morpholine rings is 1. The van der Waals surface area contributed by atoms with E-state index in [0.29, 0.717) is 31.9 Å². The Balaban J connectivity index is 1.56. The van der Waals surface area contributed by atoms with Crippen LogP contribution >= 0.6 is 11.6 Å². The van der Waals surface area contributed by atoms with Gasteiger partial charge in [0.2, 0.25) is 15.9 Å². The fourth-order valence-electron chi connectivity index (χ4n) is 3.30. The highest BCUT2D eigenvalue weighted by Gasteiger charge is 2.35. The summed E-state index contributed by atoms with van der Waals surface area (Å²) in [5, 5.41) is 9.80. The van der Waals surface area contributed by atoms with Gasteiger partial charge in [-0.3, -0.25) is 14.3 Å². The van der Waals surface area contributed by atoms with Gasteiger partial charge >= 0.3 is 0 Å². The van der Waals surface area contributed by atoms with E-state index in [9.17, 15) is 23.1 Å². The number of aryl methyl sites for hydroxylation is 1. The van der Waals surface area contributed by atoms with Crippen LogP contribution < -0.4 is 4.72 Å². The molecule has 2 amide bonds. The molecule has 0 bridgehead atoms. The maximum atomic E-state index is 12.7. The molecule has 3 rings (SSSR count). The van der Waals surface area contributed by atoms with Gasteiger partial charge in [-0.05, 0) is 37.1 Å². The summed E-state index contributed by atoms with van der Waals surface area (Å²) in [6.45, 7) is 3.64. The molecule has 2 heterocycles. The smallest absolute Gasteiger partial charge is 0.271 e. The molecular weight excluding hydrogens is 434 g/mol. The van der Waals surface area contributed by atoms with Crippen molar-refractivity contribution in [1.82, 2.24) is 14.5 Å². The van der Waals surface area contributed by atoms with Gasteiger partial charge < -0.3 is 19.6 Å². The summed E-state index contributed by atoms with van der Waals surface area (Å²) in [5.74, 6) is -1.12. The topological polar surface area (TPSA) is 116 Å². The first-order valence-corrected chi connectivity index (χ1v) is 11.6. The van der Waals surface area contributed by atoms with Gasteiger partial charge in [-0.1, -0.05) is 17.7 Å². The predicted molar refractivity (Wildman–Crippen MR) is 110 cm³/mol. The minimum absolute atomic E-state index is 0.0596. The molecule has 11 heteroatoms. The number of amides is 2. The monoisotopic (exact) mass is 457 g/mol. The fraction of sp³-hybridized carbons (Fsp3) is 0.474. The van der Waals surface area contributed by atoms with Crippen LogP contribution in [-0.2, 0) is 30.8 Å². The second kappa shape index (κ2) is 9.23. The third-order valence-electron chi connectivity index (χ3n) is 5.07. The van der Waals surface area contributed by atoms with Crippen molar-refractivity contribution in [1.29, 1.82) is 0 Å². The summed E-state index contributed by atoms with van der Waals surface area (Å²) in [6.07, 6.45) is 1.61. The van der Waals surface area contributed by atoms with Gasteiger partial charge in [0.1, 0.15) is 17.5 Å². The van der Waals surface area contributed by atoms with Crippen LogP contribution in [0, 0.1) is 0 Å². The molecule has 1 atom stereocenters. The van der Waals surface area contributed by atoms with E-state index in [1.165, 1.54) is 23.1 Å². The van der Waals surface area contributed by atoms with Crippen molar-refractivity contribution >= 4 is 33.4 Å². The Morgan fingerprint density at radius 1 is 1.33 bits per heavy atom. The van der Waals surface area contributed by atoms with Gasteiger partial charge in [0.05, 0.1) is 24.0 Å².